The van der Waals surface area contributed by atoms with Gasteiger partial charge in [0.05, 0.1) is 30.5 Å². The first-order chi connectivity index (χ1) is 20.7. The SMILES string of the molecule is C[C@H](OC(=O)[C@H](CC(=O)OC1=CC[C@@]2(O)[C@H]3Cc4ccc(CO)c5c4[C@@]2(CCN3C)[C@H]1O5)OC(=O)C[C@H](O)C(=O)O)C(=O)O. The molecule has 2 heterocycles. The van der Waals surface area contributed by atoms with Crippen molar-refractivity contribution >= 4 is 29.8 Å². The lowest BCUT2D eigenvalue weighted by Crippen LogP contribution is -2.74. The van der Waals surface area contributed by atoms with E-state index in [1.807, 2.05) is 13.1 Å². The van der Waals surface area contributed by atoms with Crippen molar-refractivity contribution < 1.29 is 68.5 Å². The summed E-state index contributed by atoms with van der Waals surface area (Å²) in [4.78, 5) is 62.3. The van der Waals surface area contributed by atoms with Gasteiger partial charge in [-0.05, 0) is 45.0 Å². The maximum Gasteiger partial charge on any atom is 0.348 e. The van der Waals surface area contributed by atoms with Crippen LogP contribution in [0.2, 0.25) is 0 Å². The van der Waals surface area contributed by atoms with Gasteiger partial charge in [0.2, 0.25) is 6.10 Å². The molecule has 2 aliphatic heterocycles. The van der Waals surface area contributed by atoms with Crippen molar-refractivity contribution in [3.8, 4) is 5.75 Å². The highest BCUT2D eigenvalue weighted by molar-refractivity contribution is 5.87. The molecule has 1 fully saturated rings. The molecule has 1 aromatic carbocycles. The Hall–Kier alpha value is -4.05. The van der Waals surface area contributed by atoms with Crippen LogP contribution in [-0.2, 0) is 56.6 Å². The van der Waals surface area contributed by atoms with E-state index in [4.69, 9.17) is 29.2 Å². The van der Waals surface area contributed by atoms with Crippen LogP contribution < -0.4 is 4.74 Å². The molecule has 44 heavy (non-hydrogen) atoms. The first kappa shape index (κ1) is 31.4. The van der Waals surface area contributed by atoms with Gasteiger partial charge in [0.1, 0.15) is 11.5 Å². The Bertz CT molecular complexity index is 1440. The second-order valence-corrected chi connectivity index (χ2v) is 11.5. The summed E-state index contributed by atoms with van der Waals surface area (Å²) in [6, 6.07) is 3.38. The number of carbonyl (C=O) groups excluding carboxylic acids is 3. The number of aliphatic hydroxyl groups excluding tert-OH is 2. The van der Waals surface area contributed by atoms with E-state index in [2.05, 4.69) is 4.90 Å². The number of nitrogens with zero attached hydrogens (tertiary/aromatic N) is 1. The normalized spacial score (nSPS) is 28.3. The fraction of sp³-hybridized carbons (Fsp3) is 0.552. The maximum absolute atomic E-state index is 13.2. The second-order valence-electron chi connectivity index (χ2n) is 11.5. The number of piperidine rings is 1. The third kappa shape index (κ3) is 4.99. The van der Waals surface area contributed by atoms with Gasteiger partial charge in [-0.2, -0.15) is 0 Å². The molecule has 1 aromatic rings. The molecular formula is C29H33NO14. The molecule has 15 heteroatoms. The van der Waals surface area contributed by atoms with Crippen LogP contribution in [0, 0.1) is 0 Å². The van der Waals surface area contributed by atoms with Crippen molar-refractivity contribution in [3.05, 3.63) is 40.7 Å². The van der Waals surface area contributed by atoms with Crippen molar-refractivity contribution in [2.75, 3.05) is 13.6 Å². The second kappa shape index (κ2) is 11.5. The van der Waals surface area contributed by atoms with E-state index >= 15 is 0 Å². The van der Waals surface area contributed by atoms with Gasteiger partial charge in [0, 0.05) is 23.6 Å². The lowest BCUT2D eigenvalue weighted by atomic mass is 9.50. The van der Waals surface area contributed by atoms with E-state index in [9.17, 15) is 39.3 Å². The third-order valence-electron chi connectivity index (χ3n) is 9.03. The van der Waals surface area contributed by atoms with E-state index < -0.39 is 78.1 Å². The predicted molar refractivity (Wildman–Crippen MR) is 143 cm³/mol. The maximum atomic E-state index is 13.2. The number of aliphatic hydroxyl groups is 3. The van der Waals surface area contributed by atoms with Gasteiger partial charge in [-0.25, -0.2) is 14.4 Å². The van der Waals surface area contributed by atoms with E-state index in [0.29, 0.717) is 30.7 Å². The number of hydrogen-bond donors (Lipinski definition) is 5. The fourth-order valence-electron chi connectivity index (χ4n) is 6.88. The summed E-state index contributed by atoms with van der Waals surface area (Å²) in [6.45, 7) is 1.30. The van der Waals surface area contributed by atoms with Crippen LogP contribution >= 0.6 is 0 Å². The van der Waals surface area contributed by atoms with E-state index in [1.54, 1.807) is 6.07 Å². The average Bonchev–Trinajstić information content (AvgIpc) is 3.31. The molecule has 0 saturated carbocycles. The lowest BCUT2D eigenvalue weighted by Gasteiger charge is -2.61. The Morgan fingerprint density at radius 3 is 2.48 bits per heavy atom. The van der Waals surface area contributed by atoms with Gasteiger partial charge in [-0.15, -0.1) is 0 Å². The summed E-state index contributed by atoms with van der Waals surface area (Å²) < 4.78 is 21.7. The molecule has 238 valence electrons. The van der Waals surface area contributed by atoms with Gasteiger partial charge in [-0.1, -0.05) is 12.1 Å². The minimum Gasteiger partial charge on any atom is -0.481 e. The zero-order chi connectivity index (χ0) is 32.1. The molecule has 0 aromatic heterocycles. The predicted octanol–water partition coefficient (Wildman–Crippen LogP) is -0.846. The smallest absolute Gasteiger partial charge is 0.348 e. The molecule has 2 bridgehead atoms. The first-order valence-corrected chi connectivity index (χ1v) is 14.0. The van der Waals surface area contributed by atoms with Crippen molar-refractivity contribution in [1.29, 1.82) is 0 Å². The molecule has 1 spiro atoms. The van der Waals surface area contributed by atoms with Gasteiger partial charge >= 0.3 is 29.8 Å². The van der Waals surface area contributed by atoms with Crippen molar-refractivity contribution in [1.82, 2.24) is 4.90 Å². The summed E-state index contributed by atoms with van der Waals surface area (Å²) in [5.41, 5.74) is -0.106. The quantitative estimate of drug-likeness (QED) is 0.150. The summed E-state index contributed by atoms with van der Waals surface area (Å²) in [5.74, 6) is -6.67. The minimum atomic E-state index is -2.15. The molecule has 4 aliphatic rings. The summed E-state index contributed by atoms with van der Waals surface area (Å²) >= 11 is 0. The van der Waals surface area contributed by atoms with Crippen LogP contribution in [0.4, 0.5) is 0 Å². The number of likely N-dealkylation sites (N-methyl/N-ethyl adjacent to an activating group) is 1. The summed E-state index contributed by atoms with van der Waals surface area (Å²) in [5, 5.41) is 49.7. The van der Waals surface area contributed by atoms with Crippen molar-refractivity contribution in [2.45, 2.75) is 87.1 Å². The van der Waals surface area contributed by atoms with Crippen molar-refractivity contribution in [3.63, 3.8) is 0 Å². The number of esters is 3. The largest absolute Gasteiger partial charge is 0.481 e. The standard InChI is InChI=1S/C29H33NO14/c1-13(25(35)36)41-27(39)18(43-20(33)10-16(32)26(37)38)11-21(34)42-17-5-6-29(40)19-9-14-3-4-15(12-31)23-22(14)28(29,24(17)44-23)7-8-30(19)2/h3-5,13,16,18-19,24,31-32,40H,6-12H2,1-2H3,(H,35,36)(H,37,38)/t13-,16-,18-,19+,24-,28-,29+/m0/s1. The average molecular weight is 620 g/mol. The van der Waals surface area contributed by atoms with Gasteiger partial charge < -0.3 is 49.4 Å². The number of carboxylic acid groups (broad SMARTS) is 2. The number of benzene rings is 1. The highest BCUT2D eigenvalue weighted by atomic mass is 16.6. The van der Waals surface area contributed by atoms with Crippen LogP contribution in [0.5, 0.6) is 5.75 Å². The Morgan fingerprint density at radius 1 is 1.09 bits per heavy atom. The zero-order valence-electron chi connectivity index (χ0n) is 23.9. The van der Waals surface area contributed by atoms with Crippen LogP contribution in [0.15, 0.2) is 24.0 Å². The monoisotopic (exact) mass is 619 g/mol. The zero-order valence-corrected chi connectivity index (χ0v) is 23.9. The molecular weight excluding hydrogens is 586 g/mol. The molecule has 0 radical (unpaired) electrons. The highest BCUT2D eigenvalue weighted by Crippen LogP contribution is 2.64. The van der Waals surface area contributed by atoms with Crippen LogP contribution in [0.3, 0.4) is 0 Å². The van der Waals surface area contributed by atoms with Crippen LogP contribution in [0.25, 0.3) is 0 Å². The van der Waals surface area contributed by atoms with E-state index in [-0.39, 0.29) is 24.8 Å². The highest BCUT2D eigenvalue weighted by Gasteiger charge is 2.71. The summed E-state index contributed by atoms with van der Waals surface area (Å²) in [7, 11) is 1.93. The summed E-state index contributed by atoms with van der Waals surface area (Å²) in [6.07, 6.45) is -6.25. The Morgan fingerprint density at radius 2 is 1.82 bits per heavy atom. The van der Waals surface area contributed by atoms with Crippen molar-refractivity contribution in [2.24, 2.45) is 0 Å². The van der Waals surface area contributed by atoms with Crippen LogP contribution in [-0.4, -0.2) is 110 Å². The number of aliphatic carboxylic acids is 2. The Balaban J connectivity index is 1.41. The topological polar surface area (TPSA) is 227 Å². The number of hydrogen-bond acceptors (Lipinski definition) is 13. The molecule has 5 N–H and O–H groups in total. The van der Waals surface area contributed by atoms with E-state index in [0.717, 1.165) is 18.1 Å². The molecule has 1 saturated heterocycles. The molecule has 15 nitrogen and oxygen atoms in total. The van der Waals surface area contributed by atoms with Gasteiger partial charge in [-0.3, -0.25) is 9.59 Å². The third-order valence-corrected chi connectivity index (χ3v) is 9.03. The molecule has 0 amide bonds. The van der Waals surface area contributed by atoms with Crippen LogP contribution in [0.1, 0.15) is 49.3 Å². The Labute approximate surface area is 250 Å². The molecule has 0 unspecified atom stereocenters. The fourth-order valence-corrected chi connectivity index (χ4v) is 6.88. The van der Waals surface area contributed by atoms with Gasteiger partial charge in [0.25, 0.3) is 0 Å². The number of ether oxygens (including phenoxy) is 4. The lowest BCUT2D eigenvalue weighted by molar-refractivity contribution is -0.180. The first-order valence-electron chi connectivity index (χ1n) is 14.0. The number of rotatable bonds is 11. The Kier molecular flexibility index (Phi) is 8.18. The molecule has 5 rings (SSSR count). The number of carbonyl (C=O) groups is 5. The minimum absolute atomic E-state index is 0.0366. The molecule has 7 atom stereocenters. The number of likely N-dealkylation sites (tertiary alicyclic amines) is 1. The van der Waals surface area contributed by atoms with Gasteiger partial charge in [0.15, 0.2) is 18.3 Å². The van der Waals surface area contributed by atoms with E-state index in [1.165, 1.54) is 6.08 Å². The molecule has 2 aliphatic carbocycles. The number of carboxylic acids is 2.